The monoisotopic (exact) mass is 316 g/mol. The number of hydrogen-bond donors (Lipinski definition) is 2. The minimum Gasteiger partial charge on any atom is -0.352 e. The molecular formula is C14H28N4O2S. The molecule has 3 N–H and O–H groups in total. The molecule has 1 heterocycles. The largest absolute Gasteiger partial charge is 0.352 e. The lowest BCUT2D eigenvalue weighted by atomic mass is 10.0. The molecule has 1 atom stereocenters. The van der Waals surface area contributed by atoms with E-state index in [0.717, 1.165) is 12.1 Å². The molecule has 1 aromatic heterocycles. The van der Waals surface area contributed by atoms with Gasteiger partial charge in [0.25, 0.3) is 0 Å². The predicted octanol–water partition coefficient (Wildman–Crippen LogP) is 0.738. The molecule has 6 nitrogen and oxygen atoms in total. The molecular weight excluding hydrogens is 288 g/mol. The highest BCUT2D eigenvalue weighted by Gasteiger charge is 2.23. The third kappa shape index (κ3) is 5.43. The van der Waals surface area contributed by atoms with Crippen molar-refractivity contribution in [1.29, 1.82) is 0 Å². The summed E-state index contributed by atoms with van der Waals surface area (Å²) < 4.78 is 29.6. The molecule has 0 aliphatic heterocycles. The van der Waals surface area contributed by atoms with Gasteiger partial charge in [-0.25, -0.2) is 13.1 Å². The van der Waals surface area contributed by atoms with E-state index < -0.39 is 10.0 Å². The Morgan fingerprint density at radius 1 is 1.38 bits per heavy atom. The summed E-state index contributed by atoms with van der Waals surface area (Å²) in [7, 11) is 2.16. The van der Waals surface area contributed by atoms with Crippen molar-refractivity contribution in [3.8, 4) is 0 Å². The molecule has 0 radical (unpaired) electrons. The summed E-state index contributed by atoms with van der Waals surface area (Å²) in [4.78, 5) is 2.27. The molecule has 0 amide bonds. The summed E-state index contributed by atoms with van der Waals surface area (Å²) in [5.74, 6) is 0.424. The fourth-order valence-electron chi connectivity index (χ4n) is 2.38. The first-order chi connectivity index (χ1) is 9.65. The Balaban J connectivity index is 2.93. The molecule has 0 aromatic carbocycles. The highest BCUT2D eigenvalue weighted by Crippen LogP contribution is 2.15. The standard InChI is InChI=1S/C14H28N4O2S/c1-11(2)6-12(9-17(3)4)16-21(19,20)14-7-13(8-15)18(5)10-14/h7,10-12,16H,6,8-9,15H2,1-5H3. The van der Waals surface area contributed by atoms with Gasteiger partial charge < -0.3 is 15.2 Å². The van der Waals surface area contributed by atoms with Gasteiger partial charge in [-0.05, 0) is 32.5 Å². The number of hydrogen-bond acceptors (Lipinski definition) is 4. The van der Waals surface area contributed by atoms with Crippen molar-refractivity contribution < 1.29 is 8.42 Å². The van der Waals surface area contributed by atoms with E-state index in [2.05, 4.69) is 18.6 Å². The summed E-state index contributed by atoms with van der Waals surface area (Å²) >= 11 is 0. The molecule has 0 saturated carbocycles. The maximum absolute atomic E-state index is 12.5. The summed E-state index contributed by atoms with van der Waals surface area (Å²) in [6.45, 7) is 5.17. The van der Waals surface area contributed by atoms with E-state index in [1.54, 1.807) is 23.9 Å². The van der Waals surface area contributed by atoms with Crippen LogP contribution in [0.2, 0.25) is 0 Å². The van der Waals surface area contributed by atoms with Gasteiger partial charge in [-0.15, -0.1) is 0 Å². The van der Waals surface area contributed by atoms with E-state index in [-0.39, 0.29) is 10.9 Å². The topological polar surface area (TPSA) is 80.4 Å². The van der Waals surface area contributed by atoms with Crippen LogP contribution >= 0.6 is 0 Å². The number of nitrogens with two attached hydrogens (primary N) is 1. The normalized spacial score (nSPS) is 14.1. The van der Waals surface area contributed by atoms with Crippen LogP contribution in [0.5, 0.6) is 0 Å². The van der Waals surface area contributed by atoms with E-state index >= 15 is 0 Å². The second-order valence-electron chi connectivity index (χ2n) is 6.19. The summed E-state index contributed by atoms with van der Waals surface area (Å²) in [6, 6.07) is 1.52. The highest BCUT2D eigenvalue weighted by molar-refractivity contribution is 7.89. The van der Waals surface area contributed by atoms with Crippen molar-refractivity contribution in [2.45, 2.75) is 37.8 Å². The molecule has 7 heteroatoms. The van der Waals surface area contributed by atoms with Crippen LogP contribution < -0.4 is 10.5 Å². The van der Waals surface area contributed by atoms with Crippen molar-refractivity contribution in [2.75, 3.05) is 20.6 Å². The smallest absolute Gasteiger partial charge is 0.242 e. The number of likely N-dealkylation sites (N-methyl/N-ethyl adjacent to an activating group) is 1. The average molecular weight is 316 g/mol. The second kappa shape index (κ2) is 7.40. The number of sulfonamides is 1. The van der Waals surface area contributed by atoms with Gasteiger partial charge >= 0.3 is 0 Å². The van der Waals surface area contributed by atoms with Gasteiger partial charge in [0.1, 0.15) is 0 Å². The highest BCUT2D eigenvalue weighted by atomic mass is 32.2. The van der Waals surface area contributed by atoms with E-state index in [1.165, 1.54) is 0 Å². The maximum atomic E-state index is 12.5. The first kappa shape index (κ1) is 18.2. The molecule has 0 bridgehead atoms. The molecule has 1 unspecified atom stereocenters. The van der Waals surface area contributed by atoms with E-state index in [4.69, 9.17) is 5.73 Å². The number of aromatic nitrogens is 1. The Hall–Kier alpha value is -0.890. The van der Waals surface area contributed by atoms with Crippen LogP contribution in [0.1, 0.15) is 26.0 Å². The number of nitrogens with one attached hydrogen (secondary N) is 1. The molecule has 1 rings (SSSR count). The molecule has 0 fully saturated rings. The molecule has 0 aliphatic carbocycles. The lowest BCUT2D eigenvalue weighted by molar-refractivity contribution is 0.329. The van der Waals surface area contributed by atoms with Gasteiger partial charge in [0.05, 0.1) is 4.90 Å². The first-order valence-corrected chi connectivity index (χ1v) is 8.66. The van der Waals surface area contributed by atoms with E-state index in [0.29, 0.717) is 19.0 Å². The summed E-state index contributed by atoms with van der Waals surface area (Å²) in [5, 5.41) is 0. The zero-order chi connectivity index (χ0) is 16.2. The zero-order valence-corrected chi connectivity index (χ0v) is 14.4. The van der Waals surface area contributed by atoms with Crippen LogP contribution in [0, 0.1) is 5.92 Å². The van der Waals surface area contributed by atoms with Gasteiger partial charge in [0.2, 0.25) is 10.0 Å². The zero-order valence-electron chi connectivity index (χ0n) is 13.6. The van der Waals surface area contributed by atoms with Crippen molar-refractivity contribution >= 4 is 10.0 Å². The van der Waals surface area contributed by atoms with Crippen LogP contribution in [0.25, 0.3) is 0 Å². The van der Waals surface area contributed by atoms with Gasteiger partial charge in [0.15, 0.2) is 0 Å². The average Bonchev–Trinajstić information content (AvgIpc) is 2.68. The Morgan fingerprint density at radius 2 is 2.00 bits per heavy atom. The number of nitrogens with zero attached hydrogens (tertiary/aromatic N) is 2. The third-order valence-corrected chi connectivity index (χ3v) is 4.75. The molecule has 0 aliphatic rings. The van der Waals surface area contributed by atoms with Crippen molar-refractivity contribution in [3.05, 3.63) is 18.0 Å². The Labute approximate surface area is 128 Å². The van der Waals surface area contributed by atoms with Gasteiger partial charge in [-0.1, -0.05) is 13.8 Å². The van der Waals surface area contributed by atoms with Gasteiger partial charge in [0, 0.05) is 38.1 Å². The molecule has 1 aromatic rings. The van der Waals surface area contributed by atoms with Gasteiger partial charge in [-0.3, -0.25) is 0 Å². The molecule has 0 saturated heterocycles. The van der Waals surface area contributed by atoms with Crippen molar-refractivity contribution in [1.82, 2.24) is 14.2 Å². The van der Waals surface area contributed by atoms with Crippen LogP contribution in [0.3, 0.4) is 0 Å². The van der Waals surface area contributed by atoms with Crippen LogP contribution in [-0.4, -0.2) is 44.6 Å². The second-order valence-corrected chi connectivity index (χ2v) is 7.91. The molecule has 122 valence electrons. The van der Waals surface area contributed by atoms with Gasteiger partial charge in [-0.2, -0.15) is 0 Å². The summed E-state index contributed by atoms with van der Waals surface area (Å²) in [6.07, 6.45) is 2.40. The Kier molecular flexibility index (Phi) is 6.40. The lowest BCUT2D eigenvalue weighted by Crippen LogP contribution is -2.42. The first-order valence-electron chi connectivity index (χ1n) is 7.18. The van der Waals surface area contributed by atoms with E-state index in [9.17, 15) is 8.42 Å². The Morgan fingerprint density at radius 3 is 2.43 bits per heavy atom. The predicted molar refractivity (Wildman–Crippen MR) is 85.4 cm³/mol. The van der Waals surface area contributed by atoms with Crippen LogP contribution in [0.15, 0.2) is 17.2 Å². The molecule has 0 spiro atoms. The number of rotatable bonds is 8. The Bertz CT molecular complexity index is 539. The van der Waals surface area contributed by atoms with Crippen LogP contribution in [0.4, 0.5) is 0 Å². The fraction of sp³-hybridized carbons (Fsp3) is 0.714. The maximum Gasteiger partial charge on any atom is 0.242 e. The summed E-state index contributed by atoms with van der Waals surface area (Å²) in [5.41, 5.74) is 6.39. The SMILES string of the molecule is CC(C)CC(CN(C)C)NS(=O)(=O)c1cc(CN)n(C)c1. The molecule has 21 heavy (non-hydrogen) atoms. The van der Waals surface area contributed by atoms with Crippen LogP contribution in [-0.2, 0) is 23.6 Å². The van der Waals surface area contributed by atoms with E-state index in [1.807, 2.05) is 19.0 Å². The minimum atomic E-state index is -3.52. The third-order valence-electron chi connectivity index (χ3n) is 3.27. The fourth-order valence-corrected chi connectivity index (χ4v) is 3.72. The lowest BCUT2D eigenvalue weighted by Gasteiger charge is -2.23. The minimum absolute atomic E-state index is 0.105. The van der Waals surface area contributed by atoms with Crippen molar-refractivity contribution in [3.63, 3.8) is 0 Å². The van der Waals surface area contributed by atoms with Crippen molar-refractivity contribution in [2.24, 2.45) is 18.7 Å². The quantitative estimate of drug-likeness (QED) is 0.741. The number of aryl methyl sites for hydroxylation is 1.